The lowest BCUT2D eigenvalue weighted by molar-refractivity contribution is 0.214. The molecule has 0 spiro atoms. The number of fused-ring (bicyclic) bond motifs is 1. The number of rotatable bonds is 3. The molecule has 6 nitrogen and oxygen atoms in total. The molecule has 1 unspecified atom stereocenters. The molecule has 0 saturated carbocycles. The van der Waals surface area contributed by atoms with E-state index in [1.165, 1.54) is 5.56 Å². The van der Waals surface area contributed by atoms with Crippen LogP contribution in [-0.2, 0) is 19.4 Å². The molecule has 0 aliphatic heterocycles. The molecule has 2 aromatic rings. The minimum absolute atomic E-state index is 0.292. The summed E-state index contributed by atoms with van der Waals surface area (Å²) in [5, 5.41) is 5.47. The fourth-order valence-corrected chi connectivity index (χ4v) is 3.13. The monoisotopic (exact) mass is 339 g/mol. The molecule has 3 rings (SSSR count). The van der Waals surface area contributed by atoms with Gasteiger partial charge in [-0.25, -0.2) is 14.8 Å². The number of hydrogen-bond donors (Lipinski definition) is 2. The van der Waals surface area contributed by atoms with Crippen LogP contribution in [0, 0.1) is 11.3 Å². The Bertz CT molecular complexity index is 739. The quantitative estimate of drug-likeness (QED) is 0.899. The number of anilines is 1. The molecule has 2 aromatic heterocycles. The molecule has 2 N–H and O–H groups in total. The summed E-state index contributed by atoms with van der Waals surface area (Å²) in [6, 6.07) is 5.27. The number of pyridine rings is 1. The lowest BCUT2D eigenvalue weighted by Crippen LogP contribution is -2.30. The van der Waals surface area contributed by atoms with Gasteiger partial charge >= 0.3 is 6.03 Å². The van der Waals surface area contributed by atoms with Crippen molar-refractivity contribution in [3.63, 3.8) is 0 Å². The SMILES string of the molecule is CC(C)(C)C1CCc2nc(NC(=O)NCc3ccccn3)ncc2C1. The second-order valence-electron chi connectivity index (χ2n) is 7.60. The van der Waals surface area contributed by atoms with Crippen LogP contribution in [0.25, 0.3) is 0 Å². The summed E-state index contributed by atoms with van der Waals surface area (Å²) in [5.74, 6) is 0.996. The van der Waals surface area contributed by atoms with Crippen LogP contribution in [0.5, 0.6) is 0 Å². The molecule has 1 aliphatic rings. The van der Waals surface area contributed by atoms with Crippen molar-refractivity contribution in [2.75, 3.05) is 5.32 Å². The number of hydrogen-bond acceptors (Lipinski definition) is 4. The molecule has 0 saturated heterocycles. The van der Waals surface area contributed by atoms with Crippen molar-refractivity contribution in [2.45, 2.75) is 46.6 Å². The van der Waals surface area contributed by atoms with Gasteiger partial charge in [-0.2, -0.15) is 0 Å². The smallest absolute Gasteiger partial charge is 0.321 e. The largest absolute Gasteiger partial charge is 0.332 e. The van der Waals surface area contributed by atoms with Gasteiger partial charge in [-0.15, -0.1) is 0 Å². The molecule has 6 heteroatoms. The Morgan fingerprint density at radius 3 is 2.84 bits per heavy atom. The second-order valence-corrected chi connectivity index (χ2v) is 7.60. The Morgan fingerprint density at radius 1 is 1.28 bits per heavy atom. The summed E-state index contributed by atoms with van der Waals surface area (Å²) < 4.78 is 0. The lowest BCUT2D eigenvalue weighted by Gasteiger charge is -2.34. The standard InChI is InChI=1S/C19H25N5O/c1-19(2,3)14-7-8-16-13(10-14)11-21-17(23-16)24-18(25)22-12-15-6-4-5-9-20-15/h4-6,9,11,14H,7-8,10,12H2,1-3H3,(H2,21,22,23,24,25). The van der Waals surface area contributed by atoms with Gasteiger partial charge in [-0.05, 0) is 48.3 Å². The summed E-state index contributed by atoms with van der Waals surface area (Å²) in [6.45, 7) is 7.22. The van der Waals surface area contributed by atoms with Gasteiger partial charge < -0.3 is 5.32 Å². The summed E-state index contributed by atoms with van der Waals surface area (Å²) in [7, 11) is 0. The molecular formula is C19H25N5O. The van der Waals surface area contributed by atoms with E-state index in [0.717, 1.165) is 30.7 Å². The molecule has 0 aromatic carbocycles. The van der Waals surface area contributed by atoms with Crippen molar-refractivity contribution in [1.82, 2.24) is 20.3 Å². The average molecular weight is 339 g/mol. The van der Waals surface area contributed by atoms with Crippen LogP contribution in [0.2, 0.25) is 0 Å². The van der Waals surface area contributed by atoms with Gasteiger partial charge in [-0.1, -0.05) is 26.8 Å². The Hall–Kier alpha value is -2.50. The van der Waals surface area contributed by atoms with Gasteiger partial charge in [0.2, 0.25) is 5.95 Å². The van der Waals surface area contributed by atoms with E-state index >= 15 is 0 Å². The highest BCUT2D eigenvalue weighted by atomic mass is 16.2. The van der Waals surface area contributed by atoms with Gasteiger partial charge in [0, 0.05) is 18.1 Å². The van der Waals surface area contributed by atoms with Gasteiger partial charge in [0.25, 0.3) is 0 Å². The number of carbonyl (C=O) groups excluding carboxylic acids is 1. The van der Waals surface area contributed by atoms with Gasteiger partial charge in [0.05, 0.1) is 12.2 Å². The topological polar surface area (TPSA) is 79.8 Å². The first kappa shape index (κ1) is 17.3. The van der Waals surface area contributed by atoms with Crippen LogP contribution in [0.3, 0.4) is 0 Å². The van der Waals surface area contributed by atoms with E-state index in [4.69, 9.17) is 0 Å². The summed E-state index contributed by atoms with van der Waals surface area (Å²) >= 11 is 0. The van der Waals surface area contributed by atoms with E-state index in [-0.39, 0.29) is 6.03 Å². The summed E-state index contributed by atoms with van der Waals surface area (Å²) in [6.07, 6.45) is 6.62. The molecule has 0 bridgehead atoms. The molecule has 2 heterocycles. The van der Waals surface area contributed by atoms with E-state index in [1.54, 1.807) is 6.20 Å². The Balaban J connectivity index is 1.58. The van der Waals surface area contributed by atoms with E-state index in [9.17, 15) is 4.79 Å². The number of nitrogens with zero attached hydrogens (tertiary/aromatic N) is 3. The highest BCUT2D eigenvalue weighted by Crippen LogP contribution is 2.36. The van der Waals surface area contributed by atoms with Crippen molar-refractivity contribution in [1.29, 1.82) is 0 Å². The van der Waals surface area contributed by atoms with Crippen LogP contribution >= 0.6 is 0 Å². The lowest BCUT2D eigenvalue weighted by atomic mass is 9.72. The van der Waals surface area contributed by atoms with Crippen molar-refractivity contribution in [3.8, 4) is 0 Å². The van der Waals surface area contributed by atoms with Gasteiger partial charge in [-0.3, -0.25) is 10.3 Å². The zero-order chi connectivity index (χ0) is 17.9. The van der Waals surface area contributed by atoms with Crippen LogP contribution < -0.4 is 10.6 Å². The fraction of sp³-hybridized carbons (Fsp3) is 0.474. The Kier molecular flexibility index (Phi) is 4.97. The molecular weight excluding hydrogens is 314 g/mol. The number of urea groups is 1. The average Bonchev–Trinajstić information content (AvgIpc) is 2.59. The third kappa shape index (κ3) is 4.53. The predicted octanol–water partition coefficient (Wildman–Crippen LogP) is 3.34. The molecule has 1 aliphatic carbocycles. The Labute approximate surface area is 148 Å². The number of amides is 2. The van der Waals surface area contributed by atoms with Crippen molar-refractivity contribution >= 4 is 12.0 Å². The number of nitrogens with one attached hydrogen (secondary N) is 2. The normalized spacial score (nSPS) is 16.8. The fourth-order valence-electron chi connectivity index (χ4n) is 3.13. The van der Waals surface area contributed by atoms with E-state index < -0.39 is 0 Å². The van der Waals surface area contributed by atoms with E-state index in [2.05, 4.69) is 46.4 Å². The van der Waals surface area contributed by atoms with Gasteiger partial charge in [0.15, 0.2) is 0 Å². The summed E-state index contributed by atoms with van der Waals surface area (Å²) in [5.41, 5.74) is 3.35. The van der Waals surface area contributed by atoms with E-state index in [1.807, 2.05) is 24.4 Å². The highest BCUT2D eigenvalue weighted by Gasteiger charge is 2.29. The number of aryl methyl sites for hydroxylation is 1. The Morgan fingerprint density at radius 2 is 2.12 bits per heavy atom. The number of carbonyl (C=O) groups is 1. The number of aromatic nitrogens is 3. The zero-order valence-electron chi connectivity index (χ0n) is 15.0. The van der Waals surface area contributed by atoms with Crippen molar-refractivity contribution in [3.05, 3.63) is 47.5 Å². The van der Waals surface area contributed by atoms with E-state index in [0.29, 0.717) is 23.8 Å². The zero-order valence-corrected chi connectivity index (χ0v) is 15.0. The van der Waals surface area contributed by atoms with Crippen LogP contribution in [0.1, 0.15) is 44.1 Å². The first-order valence-corrected chi connectivity index (χ1v) is 8.71. The second kappa shape index (κ2) is 7.17. The predicted molar refractivity (Wildman–Crippen MR) is 97.1 cm³/mol. The third-order valence-corrected chi connectivity index (χ3v) is 4.76. The van der Waals surface area contributed by atoms with Crippen molar-refractivity contribution < 1.29 is 4.79 Å². The highest BCUT2D eigenvalue weighted by molar-refractivity contribution is 5.87. The van der Waals surface area contributed by atoms with Gasteiger partial charge in [0.1, 0.15) is 0 Å². The molecule has 1 atom stereocenters. The van der Waals surface area contributed by atoms with Crippen LogP contribution in [0.4, 0.5) is 10.7 Å². The molecule has 0 fully saturated rings. The molecule has 132 valence electrons. The molecule has 0 radical (unpaired) electrons. The maximum Gasteiger partial charge on any atom is 0.321 e. The first-order valence-electron chi connectivity index (χ1n) is 8.71. The molecule has 25 heavy (non-hydrogen) atoms. The van der Waals surface area contributed by atoms with Crippen molar-refractivity contribution in [2.24, 2.45) is 11.3 Å². The summed E-state index contributed by atoms with van der Waals surface area (Å²) in [4.78, 5) is 25.0. The maximum atomic E-state index is 12.0. The molecule has 2 amide bonds. The van der Waals surface area contributed by atoms with Crippen LogP contribution in [0.15, 0.2) is 30.6 Å². The minimum atomic E-state index is -0.325. The minimum Gasteiger partial charge on any atom is -0.332 e. The van der Waals surface area contributed by atoms with Crippen LogP contribution in [-0.4, -0.2) is 21.0 Å². The first-order chi connectivity index (χ1) is 11.9. The maximum absolute atomic E-state index is 12.0. The third-order valence-electron chi connectivity index (χ3n) is 4.76.